The Labute approximate surface area is 110 Å². The first-order chi connectivity index (χ1) is 8.58. The molecule has 1 amide bonds. The highest BCUT2D eigenvalue weighted by atomic mass is 16.5. The van der Waals surface area contributed by atoms with Gasteiger partial charge < -0.3 is 10.1 Å². The second-order valence-corrected chi connectivity index (χ2v) is 4.43. The number of nitrogens with one attached hydrogen (secondary N) is 1. The van der Waals surface area contributed by atoms with Gasteiger partial charge in [0.2, 0.25) is 5.91 Å². The largest absolute Gasteiger partial charge is 0.494 e. The van der Waals surface area contributed by atoms with Crippen LogP contribution in [0.4, 0.5) is 0 Å². The summed E-state index contributed by atoms with van der Waals surface area (Å²) in [5, 5.41) is 2.90. The number of carbonyl (C=O) groups excluding carboxylic acids is 1. The molecule has 0 saturated carbocycles. The Kier molecular flexibility index (Phi) is 5.69. The van der Waals surface area contributed by atoms with Crippen molar-refractivity contribution >= 4 is 5.91 Å². The maximum atomic E-state index is 11.2. The third kappa shape index (κ3) is 4.06. The fraction of sp³-hybridized carbons (Fsp3) is 0.533. The normalized spacial score (nSPS) is 10.2. The molecule has 0 radical (unpaired) electrons. The Morgan fingerprint density at radius 3 is 2.56 bits per heavy atom. The Morgan fingerprint density at radius 1 is 1.22 bits per heavy atom. The Hall–Kier alpha value is -1.51. The van der Waals surface area contributed by atoms with Crippen molar-refractivity contribution in [2.24, 2.45) is 0 Å². The van der Waals surface area contributed by atoms with Gasteiger partial charge in [0.05, 0.1) is 6.61 Å². The van der Waals surface area contributed by atoms with E-state index in [2.05, 4.69) is 31.3 Å². The minimum Gasteiger partial charge on any atom is -0.494 e. The van der Waals surface area contributed by atoms with Gasteiger partial charge in [0.15, 0.2) is 0 Å². The molecule has 0 aliphatic heterocycles. The third-order valence-electron chi connectivity index (χ3n) is 2.97. The van der Waals surface area contributed by atoms with E-state index in [0.29, 0.717) is 19.6 Å². The minimum atomic E-state index is 0.107. The highest BCUT2D eigenvalue weighted by Gasteiger charge is 2.05. The van der Waals surface area contributed by atoms with Gasteiger partial charge in [0, 0.05) is 13.0 Å². The first-order valence-corrected chi connectivity index (χ1v) is 6.58. The molecule has 0 saturated heterocycles. The van der Waals surface area contributed by atoms with Crippen molar-refractivity contribution in [3.05, 3.63) is 28.8 Å². The van der Waals surface area contributed by atoms with Gasteiger partial charge >= 0.3 is 0 Å². The first-order valence-electron chi connectivity index (χ1n) is 6.58. The molecule has 1 aromatic carbocycles. The van der Waals surface area contributed by atoms with Gasteiger partial charge in [-0.1, -0.05) is 13.0 Å². The predicted molar refractivity (Wildman–Crippen MR) is 74.1 cm³/mol. The lowest BCUT2D eigenvalue weighted by molar-refractivity contribution is -0.120. The molecule has 3 nitrogen and oxygen atoms in total. The Balaban J connectivity index is 2.66. The maximum absolute atomic E-state index is 11.2. The van der Waals surface area contributed by atoms with Crippen LogP contribution in [0.3, 0.4) is 0 Å². The second-order valence-electron chi connectivity index (χ2n) is 4.43. The maximum Gasteiger partial charge on any atom is 0.219 e. The van der Waals surface area contributed by atoms with Crippen molar-refractivity contribution in [2.75, 3.05) is 13.2 Å². The van der Waals surface area contributed by atoms with E-state index in [1.165, 1.54) is 11.1 Å². The number of amides is 1. The van der Waals surface area contributed by atoms with E-state index in [4.69, 9.17) is 4.74 Å². The summed E-state index contributed by atoms with van der Waals surface area (Å²) in [5.41, 5.74) is 3.64. The Morgan fingerprint density at radius 2 is 1.94 bits per heavy atom. The van der Waals surface area contributed by atoms with Crippen LogP contribution in [0.15, 0.2) is 12.1 Å². The summed E-state index contributed by atoms with van der Waals surface area (Å²) in [6.07, 6.45) is 1.41. The molecular formula is C15H23NO2. The third-order valence-corrected chi connectivity index (χ3v) is 2.97. The molecule has 0 aromatic heterocycles. The van der Waals surface area contributed by atoms with Gasteiger partial charge in [0.25, 0.3) is 0 Å². The van der Waals surface area contributed by atoms with Gasteiger partial charge in [-0.2, -0.15) is 0 Å². The molecule has 18 heavy (non-hydrogen) atoms. The molecule has 0 heterocycles. The zero-order valence-electron chi connectivity index (χ0n) is 11.8. The van der Waals surface area contributed by atoms with Gasteiger partial charge in [0.1, 0.15) is 5.75 Å². The molecule has 1 rings (SSSR count). The lowest BCUT2D eigenvalue weighted by Crippen LogP contribution is -2.24. The lowest BCUT2D eigenvalue weighted by Gasteiger charge is -2.12. The van der Waals surface area contributed by atoms with Crippen molar-refractivity contribution in [3.63, 3.8) is 0 Å². The van der Waals surface area contributed by atoms with Crippen LogP contribution in [0.2, 0.25) is 0 Å². The van der Waals surface area contributed by atoms with E-state index in [0.717, 1.165) is 17.7 Å². The van der Waals surface area contributed by atoms with E-state index < -0.39 is 0 Å². The fourth-order valence-electron chi connectivity index (χ4n) is 1.89. The van der Waals surface area contributed by atoms with E-state index in [9.17, 15) is 4.79 Å². The predicted octanol–water partition coefficient (Wildman–Crippen LogP) is 2.77. The summed E-state index contributed by atoms with van der Waals surface area (Å²) in [5.74, 6) is 1.06. The van der Waals surface area contributed by atoms with Gasteiger partial charge in [-0.25, -0.2) is 0 Å². The van der Waals surface area contributed by atoms with Gasteiger partial charge in [-0.3, -0.25) is 4.79 Å². The van der Waals surface area contributed by atoms with Crippen LogP contribution >= 0.6 is 0 Å². The molecule has 0 aliphatic carbocycles. The number of carbonyl (C=O) groups is 1. The smallest absolute Gasteiger partial charge is 0.219 e. The highest BCUT2D eigenvalue weighted by Crippen LogP contribution is 2.23. The zero-order chi connectivity index (χ0) is 13.5. The van der Waals surface area contributed by atoms with Gasteiger partial charge in [-0.05, 0) is 49.9 Å². The Bertz CT molecular complexity index is 413. The van der Waals surface area contributed by atoms with Crippen molar-refractivity contribution in [2.45, 2.75) is 40.5 Å². The quantitative estimate of drug-likeness (QED) is 0.842. The summed E-state index contributed by atoms with van der Waals surface area (Å²) in [4.78, 5) is 11.2. The van der Waals surface area contributed by atoms with Crippen molar-refractivity contribution in [1.29, 1.82) is 0 Å². The van der Waals surface area contributed by atoms with Crippen molar-refractivity contribution in [1.82, 2.24) is 5.32 Å². The molecule has 1 N–H and O–H groups in total. The van der Waals surface area contributed by atoms with Gasteiger partial charge in [-0.15, -0.1) is 0 Å². The molecule has 0 unspecified atom stereocenters. The van der Waals surface area contributed by atoms with Crippen LogP contribution in [-0.2, 0) is 11.2 Å². The molecule has 0 aliphatic rings. The molecule has 0 fully saturated rings. The van der Waals surface area contributed by atoms with Crippen LogP contribution in [0.5, 0.6) is 5.75 Å². The number of benzene rings is 1. The highest BCUT2D eigenvalue weighted by molar-refractivity contribution is 5.75. The van der Waals surface area contributed by atoms with E-state index in [1.807, 2.05) is 13.8 Å². The molecule has 3 heteroatoms. The average molecular weight is 249 g/mol. The molecule has 0 spiro atoms. The number of hydrogen-bond donors (Lipinski definition) is 1. The first kappa shape index (κ1) is 14.6. The molecule has 0 bridgehead atoms. The SMILES string of the molecule is CCOc1cc(C)c(CCNC(=O)CC)cc1C. The number of rotatable bonds is 6. The standard InChI is InChI=1S/C15H23NO2/c1-5-15(17)16-8-7-13-9-12(4)14(18-6-2)10-11(13)3/h9-10H,5-8H2,1-4H3,(H,16,17). The zero-order valence-corrected chi connectivity index (χ0v) is 11.8. The van der Waals surface area contributed by atoms with Crippen molar-refractivity contribution in [3.8, 4) is 5.75 Å². The molecule has 0 atom stereocenters. The van der Waals surface area contributed by atoms with Crippen LogP contribution in [0, 0.1) is 13.8 Å². The van der Waals surface area contributed by atoms with Crippen LogP contribution in [-0.4, -0.2) is 19.1 Å². The summed E-state index contributed by atoms with van der Waals surface area (Å²) in [6, 6.07) is 4.23. The average Bonchev–Trinajstić information content (AvgIpc) is 2.35. The monoisotopic (exact) mass is 249 g/mol. The topological polar surface area (TPSA) is 38.3 Å². The molecular weight excluding hydrogens is 226 g/mol. The van der Waals surface area contributed by atoms with Crippen LogP contribution in [0.1, 0.15) is 37.0 Å². The summed E-state index contributed by atoms with van der Waals surface area (Å²) >= 11 is 0. The van der Waals surface area contributed by atoms with E-state index in [1.54, 1.807) is 0 Å². The summed E-state index contributed by atoms with van der Waals surface area (Å²) in [6.45, 7) is 9.37. The van der Waals surface area contributed by atoms with E-state index >= 15 is 0 Å². The van der Waals surface area contributed by atoms with E-state index in [-0.39, 0.29) is 5.91 Å². The summed E-state index contributed by atoms with van der Waals surface area (Å²) in [7, 11) is 0. The van der Waals surface area contributed by atoms with Crippen LogP contribution < -0.4 is 10.1 Å². The van der Waals surface area contributed by atoms with Crippen LogP contribution in [0.25, 0.3) is 0 Å². The number of ether oxygens (including phenoxy) is 1. The second kappa shape index (κ2) is 7.04. The number of aryl methyl sites for hydroxylation is 2. The molecule has 1 aromatic rings. The minimum absolute atomic E-state index is 0.107. The lowest BCUT2D eigenvalue weighted by atomic mass is 10.0. The summed E-state index contributed by atoms with van der Waals surface area (Å²) < 4.78 is 5.56. The fourth-order valence-corrected chi connectivity index (χ4v) is 1.89. The number of hydrogen-bond acceptors (Lipinski definition) is 2. The van der Waals surface area contributed by atoms with Crippen molar-refractivity contribution < 1.29 is 9.53 Å². The molecule has 100 valence electrons.